The lowest BCUT2D eigenvalue weighted by molar-refractivity contribution is 0.327. The highest BCUT2D eigenvalue weighted by atomic mass is 32.2. The molecule has 0 radical (unpaired) electrons. The Morgan fingerprint density at radius 2 is 2.10 bits per heavy atom. The summed E-state index contributed by atoms with van der Waals surface area (Å²) in [5.74, 6) is 0.591. The van der Waals surface area contributed by atoms with Gasteiger partial charge in [-0.1, -0.05) is 31.9 Å². The van der Waals surface area contributed by atoms with Gasteiger partial charge in [0.2, 0.25) is 10.0 Å². The second-order valence-electron chi connectivity index (χ2n) is 5.83. The third-order valence-electron chi connectivity index (χ3n) is 4.16. The summed E-state index contributed by atoms with van der Waals surface area (Å²) >= 11 is 0. The van der Waals surface area contributed by atoms with Crippen molar-refractivity contribution in [3.8, 4) is 0 Å². The summed E-state index contributed by atoms with van der Waals surface area (Å²) in [5.41, 5.74) is 7.29. The maximum Gasteiger partial charge on any atom is 0.241 e. The van der Waals surface area contributed by atoms with Crippen molar-refractivity contribution in [3.05, 3.63) is 29.3 Å². The first-order chi connectivity index (χ1) is 9.44. The lowest BCUT2D eigenvalue weighted by Crippen LogP contribution is -2.38. The van der Waals surface area contributed by atoms with Crippen LogP contribution in [0.1, 0.15) is 43.7 Å². The van der Waals surface area contributed by atoms with Crippen molar-refractivity contribution in [2.75, 3.05) is 0 Å². The number of nitrogens with two attached hydrogens (primary N) is 1. The molecule has 20 heavy (non-hydrogen) atoms. The lowest BCUT2D eigenvalue weighted by atomic mass is 9.88. The fraction of sp³-hybridized carbons (Fsp3) is 0.600. The molecular weight excluding hydrogens is 272 g/mol. The third kappa shape index (κ3) is 3.40. The minimum absolute atomic E-state index is 0.0599. The zero-order chi connectivity index (χ0) is 14.8. The number of sulfonamides is 1. The fourth-order valence-corrected chi connectivity index (χ4v) is 4.57. The number of benzene rings is 1. The smallest absolute Gasteiger partial charge is 0.241 e. The standard InChI is InChI=1S/C15H24N2O2S/c1-11-5-3-7-14(9-11)17-20(18,19)15-8-4-6-13(10-16)12(15)2/h4,6,8,11,14,17H,3,5,7,9-10,16H2,1-2H3. The van der Waals surface area contributed by atoms with Crippen LogP contribution in [0.25, 0.3) is 0 Å². The zero-order valence-electron chi connectivity index (χ0n) is 12.2. The van der Waals surface area contributed by atoms with Gasteiger partial charge in [0, 0.05) is 12.6 Å². The minimum Gasteiger partial charge on any atom is -0.326 e. The molecule has 0 amide bonds. The highest BCUT2D eigenvalue weighted by Crippen LogP contribution is 2.26. The van der Waals surface area contributed by atoms with Crippen molar-refractivity contribution in [2.45, 2.75) is 57.0 Å². The molecule has 0 bridgehead atoms. The van der Waals surface area contributed by atoms with Crippen LogP contribution in [-0.4, -0.2) is 14.5 Å². The molecule has 1 aliphatic carbocycles. The van der Waals surface area contributed by atoms with E-state index in [2.05, 4.69) is 11.6 Å². The molecule has 112 valence electrons. The van der Waals surface area contributed by atoms with Crippen molar-refractivity contribution in [2.24, 2.45) is 11.7 Å². The molecule has 1 aromatic carbocycles. The largest absolute Gasteiger partial charge is 0.326 e. The van der Waals surface area contributed by atoms with Crippen LogP contribution in [0, 0.1) is 12.8 Å². The van der Waals surface area contributed by atoms with Gasteiger partial charge in [0.25, 0.3) is 0 Å². The van der Waals surface area contributed by atoms with E-state index in [9.17, 15) is 8.42 Å². The normalized spacial score (nSPS) is 23.8. The molecule has 0 saturated heterocycles. The van der Waals surface area contributed by atoms with E-state index in [1.54, 1.807) is 12.1 Å². The first-order valence-corrected chi connectivity index (χ1v) is 8.73. The van der Waals surface area contributed by atoms with E-state index in [4.69, 9.17) is 5.73 Å². The Hall–Kier alpha value is -0.910. The maximum absolute atomic E-state index is 12.5. The predicted octanol–water partition coefficient (Wildman–Crippen LogP) is 2.31. The first kappa shape index (κ1) is 15.5. The quantitative estimate of drug-likeness (QED) is 0.895. The molecule has 2 atom stereocenters. The molecule has 1 fully saturated rings. The lowest BCUT2D eigenvalue weighted by Gasteiger charge is -2.27. The minimum atomic E-state index is -3.45. The number of rotatable bonds is 4. The molecule has 1 saturated carbocycles. The summed E-state index contributed by atoms with van der Waals surface area (Å²) in [6.07, 6.45) is 4.14. The van der Waals surface area contributed by atoms with Crippen LogP contribution in [0.3, 0.4) is 0 Å². The van der Waals surface area contributed by atoms with Gasteiger partial charge < -0.3 is 5.73 Å². The molecule has 3 N–H and O–H groups in total. The van der Waals surface area contributed by atoms with Crippen LogP contribution in [0.2, 0.25) is 0 Å². The molecule has 5 heteroatoms. The van der Waals surface area contributed by atoms with Crippen LogP contribution < -0.4 is 10.5 Å². The Morgan fingerprint density at radius 3 is 2.75 bits per heavy atom. The Bertz CT molecular complexity index is 569. The summed E-state index contributed by atoms with van der Waals surface area (Å²) in [6.45, 7) is 4.36. The van der Waals surface area contributed by atoms with Crippen LogP contribution in [0.5, 0.6) is 0 Å². The molecular formula is C15H24N2O2S. The zero-order valence-corrected chi connectivity index (χ0v) is 13.0. The molecule has 0 spiro atoms. The summed E-state index contributed by atoms with van der Waals surface area (Å²) in [7, 11) is -3.45. The molecule has 1 aliphatic rings. The van der Waals surface area contributed by atoms with E-state index in [0.717, 1.165) is 30.4 Å². The molecule has 4 nitrogen and oxygen atoms in total. The molecule has 0 aliphatic heterocycles. The van der Waals surface area contributed by atoms with Crippen molar-refractivity contribution in [3.63, 3.8) is 0 Å². The monoisotopic (exact) mass is 296 g/mol. The van der Waals surface area contributed by atoms with E-state index < -0.39 is 10.0 Å². The van der Waals surface area contributed by atoms with Gasteiger partial charge in [-0.05, 0) is 42.9 Å². The van der Waals surface area contributed by atoms with Gasteiger partial charge in [0.15, 0.2) is 0 Å². The Labute approximate surface area is 121 Å². The first-order valence-electron chi connectivity index (χ1n) is 7.25. The number of hydrogen-bond acceptors (Lipinski definition) is 3. The van der Waals surface area contributed by atoms with Crippen molar-refractivity contribution >= 4 is 10.0 Å². The molecule has 0 aromatic heterocycles. The third-order valence-corrected chi connectivity index (χ3v) is 5.83. The summed E-state index contributed by atoms with van der Waals surface area (Å²) in [6, 6.07) is 5.34. The van der Waals surface area contributed by atoms with Crippen LogP contribution in [0.15, 0.2) is 23.1 Å². The molecule has 2 rings (SSSR count). The Balaban J connectivity index is 2.22. The summed E-state index contributed by atoms with van der Waals surface area (Å²) < 4.78 is 28.0. The molecule has 2 unspecified atom stereocenters. The predicted molar refractivity (Wildman–Crippen MR) is 80.8 cm³/mol. The second kappa shape index (κ2) is 6.24. The highest BCUT2D eigenvalue weighted by Gasteiger charge is 2.25. The number of nitrogens with one attached hydrogen (secondary N) is 1. The number of hydrogen-bond donors (Lipinski definition) is 2. The van der Waals surface area contributed by atoms with E-state index in [0.29, 0.717) is 17.4 Å². The van der Waals surface area contributed by atoms with E-state index in [-0.39, 0.29) is 6.04 Å². The van der Waals surface area contributed by atoms with Crippen LogP contribution >= 0.6 is 0 Å². The van der Waals surface area contributed by atoms with Crippen LogP contribution in [-0.2, 0) is 16.6 Å². The van der Waals surface area contributed by atoms with Gasteiger partial charge >= 0.3 is 0 Å². The summed E-state index contributed by atoms with van der Waals surface area (Å²) in [5, 5.41) is 0. The van der Waals surface area contributed by atoms with Crippen molar-refractivity contribution in [1.29, 1.82) is 0 Å². The molecule has 1 aromatic rings. The summed E-state index contributed by atoms with van der Waals surface area (Å²) in [4.78, 5) is 0.360. The Kier molecular flexibility index (Phi) is 4.83. The van der Waals surface area contributed by atoms with Crippen molar-refractivity contribution in [1.82, 2.24) is 4.72 Å². The van der Waals surface area contributed by atoms with Crippen LogP contribution in [0.4, 0.5) is 0 Å². The van der Waals surface area contributed by atoms with Gasteiger partial charge in [0.05, 0.1) is 4.90 Å². The van der Waals surface area contributed by atoms with Gasteiger partial charge in [-0.25, -0.2) is 13.1 Å². The van der Waals surface area contributed by atoms with Gasteiger partial charge in [-0.2, -0.15) is 0 Å². The average Bonchev–Trinajstić information content (AvgIpc) is 2.38. The van der Waals surface area contributed by atoms with Crippen molar-refractivity contribution < 1.29 is 8.42 Å². The van der Waals surface area contributed by atoms with Gasteiger partial charge in [-0.15, -0.1) is 0 Å². The van der Waals surface area contributed by atoms with E-state index in [1.807, 2.05) is 13.0 Å². The van der Waals surface area contributed by atoms with Gasteiger partial charge in [-0.3, -0.25) is 0 Å². The Morgan fingerprint density at radius 1 is 1.35 bits per heavy atom. The maximum atomic E-state index is 12.5. The van der Waals surface area contributed by atoms with E-state index in [1.165, 1.54) is 6.42 Å². The topological polar surface area (TPSA) is 72.2 Å². The molecule has 0 heterocycles. The van der Waals surface area contributed by atoms with E-state index >= 15 is 0 Å². The second-order valence-corrected chi connectivity index (χ2v) is 7.52. The highest BCUT2D eigenvalue weighted by molar-refractivity contribution is 7.89. The average molecular weight is 296 g/mol. The fourth-order valence-electron chi connectivity index (χ4n) is 3.00. The SMILES string of the molecule is Cc1c(CN)cccc1S(=O)(=O)NC1CCCC(C)C1. The van der Waals surface area contributed by atoms with Gasteiger partial charge in [0.1, 0.15) is 0 Å².